The van der Waals surface area contributed by atoms with Crippen LogP contribution in [0.1, 0.15) is 19.8 Å². The summed E-state index contributed by atoms with van der Waals surface area (Å²) in [6, 6.07) is 9.06. The third kappa shape index (κ3) is 4.13. The average molecular weight is 220 g/mol. The van der Waals surface area contributed by atoms with Gasteiger partial charge in [-0.3, -0.25) is 9.59 Å². The molecule has 4 heteroatoms. The van der Waals surface area contributed by atoms with Gasteiger partial charge in [-0.2, -0.15) is 0 Å². The monoisotopic (exact) mass is 220 g/mol. The Morgan fingerprint density at radius 2 is 1.94 bits per heavy atom. The lowest BCUT2D eigenvalue weighted by atomic mass is 10.1. The molecular weight excluding hydrogens is 204 g/mol. The van der Waals surface area contributed by atoms with Crippen molar-refractivity contribution in [3.8, 4) is 0 Å². The van der Waals surface area contributed by atoms with Gasteiger partial charge in [0.1, 0.15) is 0 Å². The van der Waals surface area contributed by atoms with E-state index in [-0.39, 0.29) is 24.2 Å². The lowest BCUT2D eigenvalue weighted by Crippen LogP contribution is -2.29. The highest BCUT2D eigenvalue weighted by molar-refractivity contribution is 5.85. The molecule has 0 heterocycles. The van der Waals surface area contributed by atoms with Crippen molar-refractivity contribution in [3.05, 3.63) is 30.3 Å². The maximum absolute atomic E-state index is 11.3. The van der Waals surface area contributed by atoms with Crippen LogP contribution in [0.15, 0.2) is 30.3 Å². The molecule has 0 bridgehead atoms. The van der Waals surface area contributed by atoms with Crippen LogP contribution in [0.3, 0.4) is 0 Å². The Bertz CT molecular complexity index is 363. The molecule has 16 heavy (non-hydrogen) atoms. The zero-order valence-corrected chi connectivity index (χ0v) is 9.27. The minimum absolute atomic E-state index is 0.00473. The van der Waals surface area contributed by atoms with Gasteiger partial charge in [0.2, 0.25) is 5.91 Å². The molecule has 1 rings (SSSR count). The molecule has 1 aromatic carbocycles. The topological polar surface area (TPSA) is 72.2 Å². The van der Waals surface area contributed by atoms with Gasteiger partial charge in [0.25, 0.3) is 0 Å². The normalized spacial score (nSPS) is 11.8. The largest absolute Gasteiger partial charge is 0.375 e. The molecule has 4 nitrogen and oxygen atoms in total. The number of benzene rings is 1. The van der Waals surface area contributed by atoms with Crippen LogP contribution in [0, 0.1) is 0 Å². The molecule has 1 atom stereocenters. The first-order valence-electron chi connectivity index (χ1n) is 5.20. The van der Waals surface area contributed by atoms with Crippen LogP contribution in [-0.2, 0) is 9.59 Å². The van der Waals surface area contributed by atoms with E-state index in [1.165, 1.54) is 6.92 Å². The molecule has 0 aliphatic heterocycles. The second-order valence-electron chi connectivity index (χ2n) is 3.68. The first kappa shape index (κ1) is 12.2. The number of para-hydroxylation sites is 1. The summed E-state index contributed by atoms with van der Waals surface area (Å²) in [4.78, 5) is 22.0. The van der Waals surface area contributed by atoms with Crippen molar-refractivity contribution in [2.75, 3.05) is 5.32 Å². The third-order valence-corrected chi connectivity index (χ3v) is 2.28. The van der Waals surface area contributed by atoms with Gasteiger partial charge in [-0.05, 0) is 25.5 Å². The van der Waals surface area contributed by atoms with Gasteiger partial charge in [-0.25, -0.2) is 0 Å². The second kappa shape index (κ2) is 5.90. The summed E-state index contributed by atoms with van der Waals surface area (Å²) in [5.41, 5.74) is 5.92. The summed E-state index contributed by atoms with van der Waals surface area (Å²) in [5, 5.41) is 3.08. The van der Waals surface area contributed by atoms with Gasteiger partial charge in [-0.1, -0.05) is 18.2 Å². The molecule has 86 valence electrons. The maximum Gasteiger partial charge on any atom is 0.217 e. The van der Waals surface area contributed by atoms with Crippen molar-refractivity contribution in [2.45, 2.75) is 25.8 Å². The Hall–Kier alpha value is -1.84. The number of nitrogens with two attached hydrogens (primary N) is 1. The fourth-order valence-electron chi connectivity index (χ4n) is 1.40. The quantitative estimate of drug-likeness (QED) is 0.759. The van der Waals surface area contributed by atoms with Crippen LogP contribution < -0.4 is 11.1 Å². The minimum Gasteiger partial charge on any atom is -0.375 e. The number of nitrogens with one attached hydrogen (secondary N) is 1. The third-order valence-electron chi connectivity index (χ3n) is 2.28. The van der Waals surface area contributed by atoms with Crippen LogP contribution >= 0.6 is 0 Å². The molecular formula is C12H16N2O2. The van der Waals surface area contributed by atoms with Crippen LogP contribution in [0.4, 0.5) is 5.69 Å². The number of amides is 1. The first-order valence-corrected chi connectivity index (χ1v) is 5.20. The van der Waals surface area contributed by atoms with Crippen molar-refractivity contribution in [1.29, 1.82) is 0 Å². The van der Waals surface area contributed by atoms with Crippen LogP contribution in [-0.4, -0.2) is 17.7 Å². The van der Waals surface area contributed by atoms with Gasteiger partial charge in [0.05, 0.1) is 6.04 Å². The molecule has 0 unspecified atom stereocenters. The molecule has 0 spiro atoms. The van der Waals surface area contributed by atoms with Gasteiger partial charge >= 0.3 is 0 Å². The van der Waals surface area contributed by atoms with Crippen molar-refractivity contribution in [2.24, 2.45) is 5.73 Å². The first-order chi connectivity index (χ1) is 7.59. The Morgan fingerprint density at radius 3 is 2.44 bits per heavy atom. The lowest BCUT2D eigenvalue weighted by Gasteiger charge is -2.16. The summed E-state index contributed by atoms with van der Waals surface area (Å²) < 4.78 is 0. The van der Waals surface area contributed by atoms with Crippen LogP contribution in [0.25, 0.3) is 0 Å². The van der Waals surface area contributed by atoms with Crippen molar-refractivity contribution >= 4 is 17.4 Å². The molecule has 0 saturated heterocycles. The van der Waals surface area contributed by atoms with E-state index in [0.29, 0.717) is 6.42 Å². The maximum atomic E-state index is 11.3. The number of Topliss-reactive ketones (excluding diaryl/α,β-unsaturated/α-hetero) is 1. The van der Waals surface area contributed by atoms with Gasteiger partial charge in [0, 0.05) is 12.1 Å². The van der Waals surface area contributed by atoms with E-state index in [1.54, 1.807) is 0 Å². The summed E-state index contributed by atoms with van der Waals surface area (Å²) >= 11 is 0. The van der Waals surface area contributed by atoms with Crippen LogP contribution in [0.2, 0.25) is 0 Å². The number of hydrogen-bond donors (Lipinski definition) is 2. The van der Waals surface area contributed by atoms with E-state index in [9.17, 15) is 9.59 Å². The zero-order chi connectivity index (χ0) is 12.0. The highest BCUT2D eigenvalue weighted by atomic mass is 16.1. The number of anilines is 1. The molecule has 0 aliphatic rings. The predicted octanol–water partition coefficient (Wildman–Crippen LogP) is 1.32. The van der Waals surface area contributed by atoms with Gasteiger partial charge < -0.3 is 11.1 Å². The fraction of sp³-hybridized carbons (Fsp3) is 0.333. The molecule has 0 aromatic heterocycles. The lowest BCUT2D eigenvalue weighted by molar-refractivity contribution is -0.119. The molecule has 0 fully saturated rings. The number of primary amides is 1. The zero-order valence-electron chi connectivity index (χ0n) is 9.27. The Kier molecular flexibility index (Phi) is 4.51. The molecule has 0 aliphatic carbocycles. The van der Waals surface area contributed by atoms with Crippen molar-refractivity contribution in [3.63, 3.8) is 0 Å². The molecule has 0 radical (unpaired) electrons. The van der Waals surface area contributed by atoms with Gasteiger partial charge in [-0.15, -0.1) is 0 Å². The molecule has 1 aromatic rings. The average Bonchev–Trinajstić information content (AvgIpc) is 2.25. The van der Waals surface area contributed by atoms with Crippen molar-refractivity contribution < 1.29 is 9.59 Å². The molecule has 3 N–H and O–H groups in total. The molecule has 1 amide bonds. The highest BCUT2D eigenvalue weighted by Gasteiger charge is 2.14. The highest BCUT2D eigenvalue weighted by Crippen LogP contribution is 2.10. The number of carbonyl (C=O) groups excluding carboxylic acids is 2. The molecule has 0 saturated carbocycles. The Morgan fingerprint density at radius 1 is 1.31 bits per heavy atom. The van der Waals surface area contributed by atoms with Crippen molar-refractivity contribution in [1.82, 2.24) is 0 Å². The van der Waals surface area contributed by atoms with E-state index in [4.69, 9.17) is 5.73 Å². The Labute approximate surface area is 94.8 Å². The predicted molar refractivity (Wildman–Crippen MR) is 63.0 cm³/mol. The minimum atomic E-state index is -0.388. The smallest absolute Gasteiger partial charge is 0.217 e. The van der Waals surface area contributed by atoms with Gasteiger partial charge in [0.15, 0.2) is 5.78 Å². The number of hydrogen-bond acceptors (Lipinski definition) is 3. The number of carbonyl (C=O) groups is 2. The summed E-state index contributed by atoms with van der Waals surface area (Å²) in [6.45, 7) is 1.50. The Balaban J connectivity index is 2.58. The summed E-state index contributed by atoms with van der Waals surface area (Å²) in [6.07, 6.45) is 0.643. The van der Waals surface area contributed by atoms with Crippen LogP contribution in [0.5, 0.6) is 0 Å². The van der Waals surface area contributed by atoms with E-state index >= 15 is 0 Å². The summed E-state index contributed by atoms with van der Waals surface area (Å²) in [7, 11) is 0. The van der Waals surface area contributed by atoms with E-state index < -0.39 is 0 Å². The van der Waals surface area contributed by atoms with E-state index in [0.717, 1.165) is 5.69 Å². The SMILES string of the molecule is CC(=O)[C@H](CCC(N)=O)Nc1ccccc1. The summed E-state index contributed by atoms with van der Waals surface area (Å²) in [5.74, 6) is -0.383. The second-order valence-corrected chi connectivity index (χ2v) is 3.68. The van der Waals surface area contributed by atoms with E-state index in [1.807, 2.05) is 30.3 Å². The number of rotatable bonds is 6. The van der Waals surface area contributed by atoms with E-state index in [2.05, 4.69) is 5.32 Å². The fourth-order valence-corrected chi connectivity index (χ4v) is 1.40. The standard InChI is InChI=1S/C12H16N2O2/c1-9(15)11(7-8-12(13)16)14-10-5-3-2-4-6-10/h2-6,11,14H,7-8H2,1H3,(H2,13,16)/t11-/m0/s1. The number of ketones is 1.